The first kappa shape index (κ1) is 18.2. The van der Waals surface area contributed by atoms with E-state index in [4.69, 9.17) is 11.6 Å². The second-order valence-corrected chi connectivity index (χ2v) is 8.46. The Balaban J connectivity index is 1.73. The third kappa shape index (κ3) is 5.48. The zero-order valence-corrected chi connectivity index (χ0v) is 14.9. The first-order valence-corrected chi connectivity index (χ1v) is 9.91. The summed E-state index contributed by atoms with van der Waals surface area (Å²) >= 11 is 5.83. The fourth-order valence-electron chi connectivity index (χ4n) is 2.67. The average Bonchev–Trinajstić information content (AvgIpc) is 2.55. The number of nitrogens with zero attached hydrogens (tertiary/aromatic N) is 1. The molecular formula is C16H23ClN2O3S. The molecule has 0 radical (unpaired) electrons. The van der Waals surface area contributed by atoms with Crippen LogP contribution < -0.4 is 5.32 Å². The fourth-order valence-corrected chi connectivity index (χ4v) is 3.93. The summed E-state index contributed by atoms with van der Waals surface area (Å²) in [6.45, 7) is 2.62. The van der Waals surface area contributed by atoms with E-state index in [0.717, 1.165) is 5.56 Å². The van der Waals surface area contributed by atoms with Crippen molar-refractivity contribution < 1.29 is 13.2 Å². The lowest BCUT2D eigenvalue weighted by molar-refractivity contribution is -0.122. The van der Waals surface area contributed by atoms with E-state index in [2.05, 4.69) is 5.32 Å². The van der Waals surface area contributed by atoms with Gasteiger partial charge in [-0.1, -0.05) is 23.7 Å². The molecule has 1 aliphatic rings. The summed E-state index contributed by atoms with van der Waals surface area (Å²) < 4.78 is 25.1. The van der Waals surface area contributed by atoms with Gasteiger partial charge in [0.2, 0.25) is 15.9 Å². The van der Waals surface area contributed by atoms with Gasteiger partial charge in [0.15, 0.2) is 0 Å². The van der Waals surface area contributed by atoms with E-state index < -0.39 is 10.0 Å². The lowest BCUT2D eigenvalue weighted by atomic mass is 10.1. The molecule has 128 valence electrons. The number of amides is 1. The van der Waals surface area contributed by atoms with Gasteiger partial charge in [0.25, 0.3) is 0 Å². The monoisotopic (exact) mass is 358 g/mol. The molecule has 1 aromatic carbocycles. The first-order chi connectivity index (χ1) is 10.9. The number of aryl methyl sites for hydroxylation is 1. The smallest absolute Gasteiger partial charge is 0.220 e. The van der Waals surface area contributed by atoms with Crippen molar-refractivity contribution >= 4 is 27.5 Å². The Hall–Kier alpha value is -1.11. The topological polar surface area (TPSA) is 66.5 Å². The van der Waals surface area contributed by atoms with Crippen LogP contribution in [0.4, 0.5) is 0 Å². The molecular weight excluding hydrogens is 336 g/mol. The van der Waals surface area contributed by atoms with E-state index in [9.17, 15) is 13.2 Å². The Morgan fingerprint density at radius 1 is 1.26 bits per heavy atom. The van der Waals surface area contributed by atoms with E-state index in [1.807, 2.05) is 24.3 Å². The summed E-state index contributed by atoms with van der Waals surface area (Å²) in [5.41, 5.74) is 1.08. The zero-order chi connectivity index (χ0) is 16.9. The lowest BCUT2D eigenvalue weighted by Crippen LogP contribution is -2.46. The van der Waals surface area contributed by atoms with Gasteiger partial charge in [0.1, 0.15) is 0 Å². The summed E-state index contributed by atoms with van der Waals surface area (Å²) in [6.07, 6.45) is 2.44. The quantitative estimate of drug-likeness (QED) is 0.847. The van der Waals surface area contributed by atoms with E-state index in [-0.39, 0.29) is 17.7 Å². The maximum atomic E-state index is 12.0. The molecule has 0 bridgehead atoms. The zero-order valence-electron chi connectivity index (χ0n) is 13.3. The largest absolute Gasteiger partial charge is 0.353 e. The van der Waals surface area contributed by atoms with Crippen LogP contribution >= 0.6 is 11.6 Å². The van der Waals surface area contributed by atoms with Gasteiger partial charge in [-0.25, -0.2) is 12.7 Å². The van der Waals surface area contributed by atoms with Gasteiger partial charge in [0.05, 0.1) is 5.75 Å². The van der Waals surface area contributed by atoms with Crippen molar-refractivity contribution in [1.82, 2.24) is 9.62 Å². The van der Waals surface area contributed by atoms with Crippen LogP contribution in [-0.4, -0.2) is 43.5 Å². The lowest BCUT2D eigenvalue weighted by Gasteiger charge is -2.31. The maximum absolute atomic E-state index is 12.0. The van der Waals surface area contributed by atoms with Crippen molar-refractivity contribution in [2.24, 2.45) is 0 Å². The second-order valence-electron chi connectivity index (χ2n) is 5.77. The Morgan fingerprint density at radius 3 is 2.43 bits per heavy atom. The van der Waals surface area contributed by atoms with Crippen molar-refractivity contribution in [3.63, 3.8) is 0 Å². The number of nitrogens with one attached hydrogen (secondary N) is 1. The van der Waals surface area contributed by atoms with Crippen LogP contribution in [0.25, 0.3) is 0 Å². The highest BCUT2D eigenvalue weighted by molar-refractivity contribution is 7.89. The van der Waals surface area contributed by atoms with E-state index in [0.29, 0.717) is 43.8 Å². The van der Waals surface area contributed by atoms with Crippen molar-refractivity contribution in [3.05, 3.63) is 34.9 Å². The molecule has 1 amide bonds. The Bertz CT molecular complexity index is 623. The van der Waals surface area contributed by atoms with Crippen molar-refractivity contribution in [2.75, 3.05) is 18.8 Å². The molecule has 0 unspecified atom stereocenters. The minimum absolute atomic E-state index is 0.0109. The molecule has 1 heterocycles. The number of piperidine rings is 1. The number of halogens is 1. The Labute approximate surface area is 143 Å². The van der Waals surface area contributed by atoms with Gasteiger partial charge in [-0.05, 0) is 43.9 Å². The van der Waals surface area contributed by atoms with Crippen molar-refractivity contribution in [3.8, 4) is 0 Å². The van der Waals surface area contributed by atoms with Crippen LogP contribution in [0, 0.1) is 0 Å². The second kappa shape index (κ2) is 8.13. The van der Waals surface area contributed by atoms with Crippen LogP contribution in [0.1, 0.15) is 31.7 Å². The van der Waals surface area contributed by atoms with Gasteiger partial charge in [0, 0.05) is 30.6 Å². The predicted molar refractivity (Wildman–Crippen MR) is 92.0 cm³/mol. The van der Waals surface area contributed by atoms with Crippen LogP contribution in [0.5, 0.6) is 0 Å². The maximum Gasteiger partial charge on any atom is 0.220 e. The van der Waals surface area contributed by atoms with E-state index in [1.54, 1.807) is 6.92 Å². The van der Waals surface area contributed by atoms with Crippen molar-refractivity contribution in [1.29, 1.82) is 0 Å². The normalized spacial score (nSPS) is 17.1. The molecule has 1 fully saturated rings. The van der Waals surface area contributed by atoms with Gasteiger partial charge in [-0.15, -0.1) is 0 Å². The van der Waals surface area contributed by atoms with E-state index in [1.165, 1.54) is 4.31 Å². The number of benzene rings is 1. The Kier molecular flexibility index (Phi) is 6.44. The number of hydrogen-bond donors (Lipinski definition) is 1. The minimum atomic E-state index is -3.11. The summed E-state index contributed by atoms with van der Waals surface area (Å²) in [7, 11) is -3.11. The van der Waals surface area contributed by atoms with Crippen LogP contribution in [-0.2, 0) is 21.2 Å². The van der Waals surface area contributed by atoms with Gasteiger partial charge in [-0.3, -0.25) is 4.79 Å². The highest BCUT2D eigenvalue weighted by Crippen LogP contribution is 2.15. The van der Waals surface area contributed by atoms with Gasteiger partial charge >= 0.3 is 0 Å². The fraction of sp³-hybridized carbons (Fsp3) is 0.562. The summed E-state index contributed by atoms with van der Waals surface area (Å²) in [6, 6.07) is 7.54. The molecule has 0 saturated carbocycles. The number of carbonyl (C=O) groups is 1. The Morgan fingerprint density at radius 2 is 1.87 bits per heavy atom. The highest BCUT2D eigenvalue weighted by Gasteiger charge is 2.27. The molecule has 1 aromatic rings. The number of rotatable bonds is 6. The molecule has 1 N–H and O–H groups in total. The summed E-state index contributed by atoms with van der Waals surface area (Å²) in [5, 5.41) is 3.69. The minimum Gasteiger partial charge on any atom is -0.353 e. The highest BCUT2D eigenvalue weighted by atomic mass is 35.5. The first-order valence-electron chi connectivity index (χ1n) is 7.92. The molecule has 0 spiro atoms. The molecule has 23 heavy (non-hydrogen) atoms. The summed E-state index contributed by atoms with van der Waals surface area (Å²) in [4.78, 5) is 12.0. The van der Waals surface area contributed by atoms with Gasteiger partial charge in [-0.2, -0.15) is 0 Å². The van der Waals surface area contributed by atoms with Crippen LogP contribution in [0.3, 0.4) is 0 Å². The summed E-state index contributed by atoms with van der Waals surface area (Å²) in [5.74, 6) is 0.141. The van der Waals surface area contributed by atoms with Crippen molar-refractivity contribution in [2.45, 2.75) is 38.6 Å². The average molecular weight is 359 g/mol. The molecule has 5 nitrogen and oxygen atoms in total. The molecule has 1 saturated heterocycles. The van der Waals surface area contributed by atoms with Gasteiger partial charge < -0.3 is 5.32 Å². The van der Waals surface area contributed by atoms with E-state index >= 15 is 0 Å². The molecule has 0 aromatic heterocycles. The third-order valence-electron chi connectivity index (χ3n) is 4.13. The number of sulfonamides is 1. The molecule has 0 aliphatic carbocycles. The van der Waals surface area contributed by atoms with Crippen LogP contribution in [0.2, 0.25) is 5.02 Å². The molecule has 7 heteroatoms. The number of carbonyl (C=O) groups excluding carboxylic acids is 1. The number of hydrogen-bond acceptors (Lipinski definition) is 3. The predicted octanol–water partition coefficient (Wildman–Crippen LogP) is 2.20. The molecule has 2 rings (SSSR count). The SMILES string of the molecule is CCS(=O)(=O)N1CCC(NC(=O)CCc2ccc(Cl)cc2)CC1. The molecule has 1 aliphatic heterocycles. The third-order valence-corrected chi connectivity index (χ3v) is 6.26. The van der Waals surface area contributed by atoms with Crippen LogP contribution in [0.15, 0.2) is 24.3 Å². The molecule has 0 atom stereocenters. The standard InChI is InChI=1S/C16H23ClN2O3S/c1-2-23(21,22)19-11-9-15(10-12-19)18-16(20)8-5-13-3-6-14(17)7-4-13/h3-4,6-7,15H,2,5,8-12H2,1H3,(H,18,20).